The minimum Gasteiger partial charge on any atom is -0.393 e. The normalized spacial score (nSPS) is 11.7. The molecule has 130 valence electrons. The highest BCUT2D eigenvalue weighted by Gasteiger charge is 2.28. The predicted octanol–water partition coefficient (Wildman–Crippen LogP) is 4.86. The summed E-state index contributed by atoms with van der Waals surface area (Å²) in [5.74, 6) is -4.22. The van der Waals surface area contributed by atoms with Crippen molar-refractivity contribution in [1.29, 1.82) is 0 Å². The van der Waals surface area contributed by atoms with Gasteiger partial charge in [0.2, 0.25) is 0 Å². The number of halogens is 4. The second kappa shape index (κ2) is 7.28. The van der Waals surface area contributed by atoms with Crippen molar-refractivity contribution in [3.8, 4) is 0 Å². The highest BCUT2D eigenvalue weighted by Crippen LogP contribution is 2.35. The number of nitrogens with zero attached hydrogens (tertiary/aromatic N) is 1. The Balaban J connectivity index is 2.61. The number of benzene rings is 2. The molecule has 0 radical (unpaired) electrons. The summed E-state index contributed by atoms with van der Waals surface area (Å²) in [7, 11) is 0. The van der Waals surface area contributed by atoms with E-state index in [1.165, 1.54) is 0 Å². The van der Waals surface area contributed by atoms with Gasteiger partial charge in [0, 0.05) is 3.57 Å². The maximum Gasteiger partial charge on any atom is 0.196 e. The minimum atomic E-state index is -1.58. The maximum absolute atomic E-state index is 14.3. The van der Waals surface area contributed by atoms with Crippen LogP contribution in [0.3, 0.4) is 0 Å². The third-order valence-electron chi connectivity index (χ3n) is 3.33. The Kier molecular flexibility index (Phi) is 5.77. The van der Waals surface area contributed by atoms with Crippen LogP contribution in [-0.4, -0.2) is 17.3 Å². The lowest BCUT2D eigenvalue weighted by molar-refractivity contribution is -0.0547. The highest BCUT2D eigenvalue weighted by molar-refractivity contribution is 14.1. The molecular formula is C17H17F3INO2. The Morgan fingerprint density at radius 3 is 2.29 bits per heavy atom. The highest BCUT2D eigenvalue weighted by atomic mass is 127. The topological polar surface area (TPSA) is 32.7 Å². The second-order valence-electron chi connectivity index (χ2n) is 5.93. The van der Waals surface area contributed by atoms with Crippen LogP contribution in [-0.2, 0) is 4.84 Å². The molecule has 2 rings (SSSR count). The van der Waals surface area contributed by atoms with Crippen LogP contribution in [0.2, 0.25) is 0 Å². The number of aryl methyl sites for hydroxylation is 1. The quantitative estimate of drug-likeness (QED) is 0.401. The first-order chi connectivity index (χ1) is 11.2. The molecule has 0 saturated carbocycles. The van der Waals surface area contributed by atoms with E-state index < -0.39 is 23.1 Å². The van der Waals surface area contributed by atoms with Crippen LogP contribution >= 0.6 is 22.6 Å². The van der Waals surface area contributed by atoms with Crippen LogP contribution < -0.4 is 5.06 Å². The number of rotatable bonds is 5. The van der Waals surface area contributed by atoms with Gasteiger partial charge in [-0.05, 0) is 79.3 Å². The van der Waals surface area contributed by atoms with Gasteiger partial charge in [0.1, 0.15) is 11.3 Å². The number of hydrogen-bond donors (Lipinski definition) is 1. The van der Waals surface area contributed by atoms with Gasteiger partial charge in [0.05, 0.1) is 12.3 Å². The molecule has 0 amide bonds. The van der Waals surface area contributed by atoms with Crippen LogP contribution in [0.25, 0.3) is 0 Å². The van der Waals surface area contributed by atoms with Gasteiger partial charge in [-0.25, -0.2) is 18.2 Å². The fourth-order valence-electron chi connectivity index (χ4n) is 2.02. The molecule has 0 spiro atoms. The molecule has 3 nitrogen and oxygen atoms in total. The molecule has 1 N–H and O–H groups in total. The van der Waals surface area contributed by atoms with Crippen LogP contribution in [0.1, 0.15) is 19.4 Å². The molecule has 0 atom stereocenters. The first-order valence-electron chi connectivity index (χ1n) is 7.16. The Labute approximate surface area is 152 Å². The summed E-state index contributed by atoms with van der Waals surface area (Å²) in [5.41, 5.74) is -0.131. The van der Waals surface area contributed by atoms with Crippen LogP contribution in [0.15, 0.2) is 30.3 Å². The van der Waals surface area contributed by atoms with Gasteiger partial charge < -0.3 is 5.11 Å². The van der Waals surface area contributed by atoms with Crippen molar-refractivity contribution in [3.05, 3.63) is 56.9 Å². The van der Waals surface area contributed by atoms with Crippen molar-refractivity contribution in [3.63, 3.8) is 0 Å². The van der Waals surface area contributed by atoms with E-state index in [-0.39, 0.29) is 12.3 Å². The maximum atomic E-state index is 14.3. The van der Waals surface area contributed by atoms with Gasteiger partial charge in [0.15, 0.2) is 17.5 Å². The number of hydrogen-bond acceptors (Lipinski definition) is 3. The molecule has 0 aliphatic heterocycles. The fourth-order valence-corrected chi connectivity index (χ4v) is 2.67. The van der Waals surface area contributed by atoms with Gasteiger partial charge in [-0.15, -0.1) is 0 Å². The van der Waals surface area contributed by atoms with Gasteiger partial charge >= 0.3 is 0 Å². The van der Waals surface area contributed by atoms with Crippen LogP contribution in [0.4, 0.5) is 24.5 Å². The lowest BCUT2D eigenvalue weighted by Gasteiger charge is -2.33. The zero-order valence-corrected chi connectivity index (χ0v) is 15.6. The molecule has 2 aromatic carbocycles. The van der Waals surface area contributed by atoms with Crippen molar-refractivity contribution < 1.29 is 23.1 Å². The van der Waals surface area contributed by atoms with E-state index in [9.17, 15) is 18.3 Å². The monoisotopic (exact) mass is 451 g/mol. The summed E-state index contributed by atoms with van der Waals surface area (Å²) in [5, 5.41) is 10.5. The molecule has 7 heteroatoms. The Morgan fingerprint density at radius 1 is 1.08 bits per heavy atom. The smallest absolute Gasteiger partial charge is 0.196 e. The Hall–Kier alpha value is -1.32. The van der Waals surface area contributed by atoms with E-state index in [4.69, 9.17) is 4.84 Å². The molecule has 0 aliphatic carbocycles. The molecule has 0 bridgehead atoms. The van der Waals surface area contributed by atoms with E-state index in [1.807, 2.05) is 6.07 Å². The zero-order chi connectivity index (χ0) is 18.1. The number of aliphatic hydroxyl groups is 1. The van der Waals surface area contributed by atoms with Crippen LogP contribution in [0, 0.1) is 27.9 Å². The van der Waals surface area contributed by atoms with E-state index in [0.717, 1.165) is 26.3 Å². The molecule has 24 heavy (non-hydrogen) atoms. The lowest BCUT2D eigenvalue weighted by atomic mass is 10.1. The molecule has 0 fully saturated rings. The molecule has 0 unspecified atom stereocenters. The third kappa shape index (κ3) is 4.01. The Bertz CT molecular complexity index is 753. The molecule has 0 aromatic heterocycles. The number of anilines is 2. The van der Waals surface area contributed by atoms with E-state index in [1.54, 1.807) is 32.9 Å². The van der Waals surface area contributed by atoms with Gasteiger partial charge in [0.25, 0.3) is 0 Å². The van der Waals surface area contributed by atoms with Crippen molar-refractivity contribution in [2.24, 2.45) is 0 Å². The summed E-state index contributed by atoms with van der Waals surface area (Å²) >= 11 is 2.13. The minimum absolute atomic E-state index is 0.278. The molecular weight excluding hydrogens is 434 g/mol. The van der Waals surface area contributed by atoms with E-state index >= 15 is 0 Å². The fraction of sp³-hybridized carbons (Fsp3) is 0.294. The van der Waals surface area contributed by atoms with Crippen molar-refractivity contribution >= 4 is 34.0 Å². The largest absolute Gasteiger partial charge is 0.393 e. The zero-order valence-electron chi connectivity index (χ0n) is 13.4. The molecule has 0 heterocycles. The van der Waals surface area contributed by atoms with Gasteiger partial charge in [-0.2, -0.15) is 0 Å². The second-order valence-corrected chi connectivity index (χ2v) is 7.17. The SMILES string of the molecule is Cc1cc(I)ccc1N(OC(C)(C)CO)c1ccc(F)c(F)c1F. The lowest BCUT2D eigenvalue weighted by Crippen LogP contribution is -2.37. The number of aliphatic hydroxyl groups excluding tert-OH is 1. The van der Waals surface area contributed by atoms with E-state index in [2.05, 4.69) is 22.6 Å². The summed E-state index contributed by atoms with van der Waals surface area (Å²) in [6.07, 6.45) is 0. The van der Waals surface area contributed by atoms with Gasteiger partial charge in [-0.1, -0.05) is 0 Å². The summed E-state index contributed by atoms with van der Waals surface area (Å²) < 4.78 is 42.2. The predicted molar refractivity (Wildman–Crippen MR) is 94.6 cm³/mol. The van der Waals surface area contributed by atoms with E-state index in [0.29, 0.717) is 5.69 Å². The summed E-state index contributed by atoms with van der Waals surface area (Å²) in [6.45, 7) is 4.63. The Morgan fingerprint density at radius 2 is 1.71 bits per heavy atom. The molecule has 0 aliphatic rings. The van der Waals surface area contributed by atoms with Crippen LogP contribution in [0.5, 0.6) is 0 Å². The standard InChI is InChI=1S/C17H17F3INO2/c1-10-8-11(21)4-6-13(10)22(24-17(2,3)9-23)14-7-5-12(18)15(19)16(14)20/h4-8,23H,9H2,1-3H3. The third-order valence-corrected chi connectivity index (χ3v) is 4.00. The average Bonchev–Trinajstić information content (AvgIpc) is 2.51. The van der Waals surface area contributed by atoms with Gasteiger partial charge in [-0.3, -0.25) is 4.84 Å². The van der Waals surface area contributed by atoms with Crippen molar-refractivity contribution in [2.45, 2.75) is 26.4 Å². The summed E-state index contributed by atoms with van der Waals surface area (Å²) in [6, 6.07) is 7.24. The van der Waals surface area contributed by atoms with Crippen molar-refractivity contribution in [2.75, 3.05) is 11.7 Å². The first kappa shape index (κ1) is 19.0. The average molecular weight is 451 g/mol. The van der Waals surface area contributed by atoms with Crippen molar-refractivity contribution in [1.82, 2.24) is 0 Å². The molecule has 0 saturated heterocycles. The summed E-state index contributed by atoms with van der Waals surface area (Å²) in [4.78, 5) is 5.71. The first-order valence-corrected chi connectivity index (χ1v) is 8.24. The molecule has 2 aromatic rings.